The van der Waals surface area contributed by atoms with Gasteiger partial charge >= 0.3 is 0 Å². The van der Waals surface area contributed by atoms with Crippen LogP contribution in [0.2, 0.25) is 26.2 Å². The molecule has 10 aromatic rings. The molecule has 0 amide bonds. The maximum absolute atomic E-state index is 2.55. The summed E-state index contributed by atoms with van der Waals surface area (Å²) in [6.45, 7) is 10.1. The van der Waals surface area contributed by atoms with E-state index in [1.54, 1.807) is 0 Å². The molecule has 0 fully saturated rings. The third-order valence-electron chi connectivity index (χ3n) is 13.9. The minimum atomic E-state index is -1.88. The summed E-state index contributed by atoms with van der Waals surface area (Å²) in [5.74, 6) is 0. The first-order chi connectivity index (χ1) is 28.3. The molecule has 0 unspecified atom stereocenters. The normalized spacial score (nSPS) is 14.5. The van der Waals surface area contributed by atoms with E-state index in [4.69, 9.17) is 0 Å². The number of hydrogen-bond donors (Lipinski definition) is 0. The van der Waals surface area contributed by atoms with Gasteiger partial charge < -0.3 is 0 Å². The molecule has 0 saturated carbocycles. The van der Waals surface area contributed by atoms with Gasteiger partial charge in [-0.1, -0.05) is 196 Å². The van der Waals surface area contributed by atoms with Gasteiger partial charge in [-0.05, 0) is 132 Å². The minimum Gasteiger partial charge on any atom is -0.0623 e. The lowest BCUT2D eigenvalue weighted by Crippen LogP contribution is -2.49. The molecule has 0 atom stereocenters. The topological polar surface area (TPSA) is 0 Å². The van der Waals surface area contributed by atoms with Crippen LogP contribution in [0.3, 0.4) is 0 Å². The van der Waals surface area contributed by atoms with E-state index in [1.807, 2.05) is 0 Å². The van der Waals surface area contributed by atoms with Gasteiger partial charge in [-0.15, -0.1) is 0 Å². The van der Waals surface area contributed by atoms with E-state index in [2.05, 4.69) is 208 Å². The highest BCUT2D eigenvalue weighted by atomic mass is 28.3. The van der Waals surface area contributed by atoms with E-state index in [-0.39, 0.29) is 0 Å². The molecule has 0 nitrogen and oxygen atoms in total. The highest BCUT2D eigenvalue weighted by Crippen LogP contribution is 2.49. The second-order valence-electron chi connectivity index (χ2n) is 17.5. The van der Waals surface area contributed by atoms with E-state index < -0.39 is 16.1 Å². The molecule has 0 aromatic heterocycles. The van der Waals surface area contributed by atoms with Crippen molar-refractivity contribution in [2.75, 3.05) is 0 Å². The Morgan fingerprint density at radius 2 is 0.586 bits per heavy atom. The Morgan fingerprint density at radius 1 is 0.241 bits per heavy atom. The smallest absolute Gasteiger partial charge is 0.0623 e. The molecule has 58 heavy (non-hydrogen) atoms. The van der Waals surface area contributed by atoms with Crippen LogP contribution in [0.4, 0.5) is 0 Å². The Kier molecular flexibility index (Phi) is 7.04. The van der Waals surface area contributed by atoms with Crippen LogP contribution in [-0.2, 0) is 0 Å². The van der Waals surface area contributed by atoms with Crippen LogP contribution < -0.4 is 20.7 Å². The van der Waals surface area contributed by atoms with E-state index in [9.17, 15) is 0 Å². The van der Waals surface area contributed by atoms with Crippen LogP contribution in [0.1, 0.15) is 0 Å². The van der Waals surface area contributed by atoms with Gasteiger partial charge in [-0.3, -0.25) is 0 Å². The summed E-state index contributed by atoms with van der Waals surface area (Å²) in [5.41, 5.74) is 13.6. The van der Waals surface area contributed by atoms with Gasteiger partial charge in [-0.2, -0.15) is 0 Å². The van der Waals surface area contributed by atoms with Crippen molar-refractivity contribution in [1.82, 2.24) is 0 Å². The van der Waals surface area contributed by atoms with Gasteiger partial charge in [-0.25, -0.2) is 0 Å². The Bertz CT molecular complexity index is 3180. The Morgan fingerprint density at radius 3 is 1.09 bits per heavy atom. The molecule has 274 valence electrons. The lowest BCUT2D eigenvalue weighted by atomic mass is 9.82. The van der Waals surface area contributed by atoms with Crippen molar-refractivity contribution >= 4 is 80.0 Å². The molecule has 0 radical (unpaired) electrons. The number of hydrogen-bond acceptors (Lipinski definition) is 0. The maximum Gasteiger partial charge on any atom is 0.113 e. The lowest BCUT2D eigenvalue weighted by Gasteiger charge is -2.22. The molecule has 0 bridgehead atoms. The van der Waals surface area contributed by atoms with Gasteiger partial charge in [0.15, 0.2) is 0 Å². The fourth-order valence-corrected chi connectivity index (χ4v) is 17.3. The molecule has 0 spiro atoms. The first kappa shape index (κ1) is 33.8. The van der Waals surface area contributed by atoms with Crippen LogP contribution in [0.25, 0.3) is 98.7 Å². The summed E-state index contributed by atoms with van der Waals surface area (Å²) in [4.78, 5) is 0. The van der Waals surface area contributed by atoms with Crippen molar-refractivity contribution in [1.29, 1.82) is 0 Å². The Balaban J connectivity index is 1.26. The largest absolute Gasteiger partial charge is 0.113 e. The summed E-state index contributed by atoms with van der Waals surface area (Å²) in [6, 6.07) is 69.7. The van der Waals surface area contributed by atoms with Crippen molar-refractivity contribution in [2.45, 2.75) is 26.2 Å². The van der Waals surface area contributed by atoms with Gasteiger partial charge in [0.1, 0.15) is 16.1 Å². The minimum absolute atomic E-state index is 1.27. The lowest BCUT2D eigenvalue weighted by molar-refractivity contribution is 1.65. The van der Waals surface area contributed by atoms with Crippen molar-refractivity contribution in [2.24, 2.45) is 0 Å². The zero-order valence-electron chi connectivity index (χ0n) is 33.3. The summed E-state index contributed by atoms with van der Waals surface area (Å²) in [7, 11) is -3.76. The third-order valence-corrected chi connectivity index (χ3v) is 20.9. The fraction of sp³-hybridized carbons (Fsp3) is 0.0714. The first-order valence-corrected chi connectivity index (χ1v) is 26.7. The standard InChI is InChI=1S/C56H42Si2/c1-57(2)49-29-11-9-21-45(49)53-41(27-15-31-51(53)57)39-23-13-25-43-47(39)34-48-40(42-28-16-32-52-54(42)46-22-10-12-30-50(46)58(52,3)4)24-14-26-44(48)56(43)55-37-19-7-5-17-35(37)33-36-18-6-8-20-38(36)55/h5-34H,1-4H3. The van der Waals surface area contributed by atoms with Crippen molar-refractivity contribution in [3.63, 3.8) is 0 Å². The average Bonchev–Trinajstić information content (AvgIpc) is 3.64. The predicted molar refractivity (Wildman–Crippen MR) is 257 cm³/mol. The fourth-order valence-electron chi connectivity index (χ4n) is 11.1. The Hall–Kier alpha value is -6.33. The molecule has 2 aliphatic rings. The molecule has 2 aliphatic heterocycles. The van der Waals surface area contributed by atoms with Crippen molar-refractivity contribution in [3.05, 3.63) is 182 Å². The number of benzene rings is 10. The van der Waals surface area contributed by atoms with Gasteiger partial charge in [0.25, 0.3) is 0 Å². The highest BCUT2D eigenvalue weighted by Gasteiger charge is 2.40. The van der Waals surface area contributed by atoms with E-state index in [1.165, 1.54) is 119 Å². The highest BCUT2D eigenvalue weighted by molar-refractivity contribution is 7.04. The van der Waals surface area contributed by atoms with Crippen LogP contribution in [0, 0.1) is 0 Å². The molecule has 2 heteroatoms. The molecule has 2 heterocycles. The summed E-state index contributed by atoms with van der Waals surface area (Å²) in [6.07, 6.45) is 0. The van der Waals surface area contributed by atoms with Crippen molar-refractivity contribution < 1.29 is 0 Å². The van der Waals surface area contributed by atoms with Crippen LogP contribution in [-0.4, -0.2) is 16.1 Å². The van der Waals surface area contributed by atoms with Crippen LogP contribution in [0.5, 0.6) is 0 Å². The molecule has 0 saturated heterocycles. The van der Waals surface area contributed by atoms with Crippen molar-refractivity contribution in [3.8, 4) is 55.6 Å². The molecule has 0 N–H and O–H groups in total. The number of rotatable bonds is 3. The molecular formula is C56H42Si2. The molecular weight excluding hydrogens is 729 g/mol. The van der Waals surface area contributed by atoms with E-state index >= 15 is 0 Å². The quantitative estimate of drug-likeness (QED) is 0.124. The number of fused-ring (bicyclic) bond motifs is 10. The predicted octanol–water partition coefficient (Wildman–Crippen LogP) is 12.9. The van der Waals surface area contributed by atoms with Gasteiger partial charge in [0, 0.05) is 0 Å². The summed E-state index contributed by atoms with van der Waals surface area (Å²) >= 11 is 0. The van der Waals surface area contributed by atoms with Gasteiger partial charge in [0.2, 0.25) is 0 Å². The van der Waals surface area contributed by atoms with E-state index in [0.29, 0.717) is 0 Å². The Labute approximate surface area is 342 Å². The van der Waals surface area contributed by atoms with Gasteiger partial charge in [0.05, 0.1) is 0 Å². The second kappa shape index (κ2) is 12.1. The zero-order chi connectivity index (χ0) is 38.9. The first-order valence-electron chi connectivity index (χ1n) is 20.7. The third kappa shape index (κ3) is 4.50. The molecule has 10 aromatic carbocycles. The van der Waals surface area contributed by atoms with Crippen LogP contribution in [0.15, 0.2) is 182 Å². The summed E-state index contributed by atoms with van der Waals surface area (Å²) in [5, 5.41) is 16.4. The zero-order valence-corrected chi connectivity index (χ0v) is 35.3. The van der Waals surface area contributed by atoms with Crippen LogP contribution >= 0.6 is 0 Å². The monoisotopic (exact) mass is 770 g/mol. The molecule has 12 rings (SSSR count). The van der Waals surface area contributed by atoms with E-state index in [0.717, 1.165) is 0 Å². The second-order valence-corrected chi connectivity index (χ2v) is 26.2. The SMILES string of the molecule is C[Si]1(C)c2ccccc2-c2c(-c3cccc4c(-c5c6ccccc6cc6ccccc56)c5cccc(-c6cccc7c6-c6ccccc6[Si]7(C)C)c5cc34)cccc21. The average molecular weight is 771 g/mol. The summed E-state index contributed by atoms with van der Waals surface area (Å²) < 4.78 is 0. The molecule has 0 aliphatic carbocycles. The maximum atomic E-state index is 2.55.